The van der Waals surface area contributed by atoms with Crippen molar-refractivity contribution in [3.8, 4) is 0 Å². The number of rotatable bonds is 6. The molecule has 1 aromatic carbocycles. The quantitative estimate of drug-likeness (QED) is 0.507. The van der Waals surface area contributed by atoms with Crippen LogP contribution in [-0.2, 0) is 16.1 Å². The first-order valence-electron chi connectivity index (χ1n) is 11.3. The number of hydrogen-bond acceptors (Lipinski definition) is 7. The summed E-state index contributed by atoms with van der Waals surface area (Å²) in [6.45, 7) is 8.50. The molecule has 0 aliphatic carbocycles. The van der Waals surface area contributed by atoms with E-state index in [1.54, 1.807) is 18.4 Å². The molecule has 0 radical (unpaired) electrons. The average Bonchev–Trinajstić information content (AvgIpc) is 3.32. The number of esters is 1. The van der Waals surface area contributed by atoms with Crippen molar-refractivity contribution >= 4 is 29.1 Å². The fraction of sp³-hybridized carbons (Fsp3) is 0.360. The summed E-state index contributed by atoms with van der Waals surface area (Å²) in [6.07, 6.45) is 3.79. The zero-order chi connectivity index (χ0) is 24.6. The number of hydrogen-bond donors (Lipinski definition) is 0. The molecule has 8 nitrogen and oxygen atoms in total. The third kappa shape index (κ3) is 4.23. The van der Waals surface area contributed by atoms with Gasteiger partial charge in [0.2, 0.25) is 0 Å². The number of carbonyl (C=O) groups excluding carboxylic acids is 1. The lowest BCUT2D eigenvalue weighted by Crippen LogP contribution is -2.40. The Morgan fingerprint density at radius 2 is 1.91 bits per heavy atom. The zero-order valence-corrected chi connectivity index (χ0v) is 21.1. The first kappa shape index (κ1) is 23.7. The predicted molar refractivity (Wildman–Crippen MR) is 134 cm³/mol. The first-order valence-corrected chi connectivity index (χ1v) is 12.1. The highest BCUT2D eigenvalue weighted by Gasteiger charge is 2.33. The van der Waals surface area contributed by atoms with Crippen LogP contribution >= 0.6 is 11.3 Å². The molecule has 1 aliphatic heterocycles. The molecular weight excluding hydrogens is 450 g/mol. The normalized spacial score (nSPS) is 15.8. The van der Waals surface area contributed by atoms with Gasteiger partial charge in [-0.15, -0.1) is 0 Å². The maximum Gasteiger partial charge on any atom is 0.338 e. The predicted octanol–water partition coefficient (Wildman–Crippen LogP) is 2.39. The van der Waals surface area contributed by atoms with Gasteiger partial charge in [0.15, 0.2) is 4.80 Å². The molecule has 1 atom stereocenters. The molecule has 3 heterocycles. The van der Waals surface area contributed by atoms with Crippen LogP contribution in [0.3, 0.4) is 0 Å². The molecule has 34 heavy (non-hydrogen) atoms. The van der Waals surface area contributed by atoms with E-state index in [2.05, 4.69) is 10.1 Å². The molecule has 0 saturated heterocycles. The zero-order valence-electron chi connectivity index (χ0n) is 20.3. The Kier molecular flexibility index (Phi) is 6.56. The Morgan fingerprint density at radius 3 is 2.50 bits per heavy atom. The SMILES string of the molecule is CCOC(=O)C1=C(C)N=c2s/c(=C\c3cn(CC)nc3C)c(=O)n2[C@@H]1c1ccc(N(C)C)cc1. The maximum atomic E-state index is 13.7. The van der Waals surface area contributed by atoms with E-state index in [1.165, 1.54) is 11.3 Å². The number of allylic oxidation sites excluding steroid dienone is 1. The maximum absolute atomic E-state index is 13.7. The summed E-state index contributed by atoms with van der Waals surface area (Å²) in [6, 6.07) is 7.24. The van der Waals surface area contributed by atoms with Crippen molar-refractivity contribution in [3.63, 3.8) is 0 Å². The Balaban J connectivity index is 1.93. The lowest BCUT2D eigenvalue weighted by atomic mass is 9.95. The minimum atomic E-state index is -0.617. The lowest BCUT2D eigenvalue weighted by molar-refractivity contribution is -0.139. The third-order valence-electron chi connectivity index (χ3n) is 5.84. The van der Waals surface area contributed by atoms with Crippen LogP contribution in [0.25, 0.3) is 6.08 Å². The van der Waals surface area contributed by atoms with E-state index in [-0.39, 0.29) is 12.2 Å². The molecule has 1 aliphatic rings. The Morgan fingerprint density at radius 1 is 1.21 bits per heavy atom. The van der Waals surface area contributed by atoms with E-state index in [1.807, 2.05) is 74.1 Å². The molecule has 4 rings (SSSR count). The molecule has 2 aromatic heterocycles. The fourth-order valence-electron chi connectivity index (χ4n) is 4.04. The monoisotopic (exact) mass is 479 g/mol. The Bertz CT molecular complexity index is 1440. The van der Waals surface area contributed by atoms with Crippen molar-refractivity contribution in [2.75, 3.05) is 25.6 Å². The molecule has 0 bridgehead atoms. The van der Waals surface area contributed by atoms with E-state index < -0.39 is 12.0 Å². The number of ether oxygens (including phenoxy) is 1. The van der Waals surface area contributed by atoms with Crippen LogP contribution in [0.4, 0.5) is 5.69 Å². The van der Waals surface area contributed by atoms with E-state index in [0.29, 0.717) is 20.6 Å². The van der Waals surface area contributed by atoms with E-state index >= 15 is 0 Å². The number of aromatic nitrogens is 3. The lowest BCUT2D eigenvalue weighted by Gasteiger charge is -2.25. The number of nitrogens with zero attached hydrogens (tertiary/aromatic N) is 5. The minimum absolute atomic E-state index is 0.191. The summed E-state index contributed by atoms with van der Waals surface area (Å²) < 4.78 is 9.36. The van der Waals surface area contributed by atoms with Gasteiger partial charge >= 0.3 is 5.97 Å². The van der Waals surface area contributed by atoms with Crippen molar-refractivity contribution in [2.24, 2.45) is 4.99 Å². The van der Waals surface area contributed by atoms with Gasteiger partial charge in [-0.25, -0.2) is 9.79 Å². The number of fused-ring (bicyclic) bond motifs is 1. The van der Waals surface area contributed by atoms with E-state index in [4.69, 9.17) is 4.74 Å². The summed E-state index contributed by atoms with van der Waals surface area (Å²) >= 11 is 1.32. The second-order valence-corrected chi connectivity index (χ2v) is 9.32. The van der Waals surface area contributed by atoms with Crippen molar-refractivity contribution in [1.82, 2.24) is 14.3 Å². The Labute approximate surface area is 202 Å². The van der Waals surface area contributed by atoms with Crippen LogP contribution in [0.5, 0.6) is 0 Å². The smallest absolute Gasteiger partial charge is 0.338 e. The van der Waals surface area contributed by atoms with Gasteiger partial charge in [0.05, 0.1) is 34.1 Å². The highest BCUT2D eigenvalue weighted by Crippen LogP contribution is 2.31. The highest BCUT2D eigenvalue weighted by molar-refractivity contribution is 7.07. The number of carbonyl (C=O) groups is 1. The van der Waals surface area contributed by atoms with Crippen LogP contribution in [0.1, 0.15) is 43.6 Å². The molecule has 0 fully saturated rings. The van der Waals surface area contributed by atoms with Crippen molar-refractivity contribution in [1.29, 1.82) is 0 Å². The van der Waals surface area contributed by atoms with Gasteiger partial charge in [0, 0.05) is 38.1 Å². The number of anilines is 1. The van der Waals surface area contributed by atoms with Crippen LogP contribution < -0.4 is 19.8 Å². The second kappa shape index (κ2) is 9.42. The van der Waals surface area contributed by atoms with Gasteiger partial charge in [-0.2, -0.15) is 5.10 Å². The topological polar surface area (TPSA) is 81.7 Å². The molecule has 0 N–H and O–H groups in total. The van der Waals surface area contributed by atoms with Gasteiger partial charge in [0.25, 0.3) is 5.56 Å². The van der Waals surface area contributed by atoms with Gasteiger partial charge in [0.1, 0.15) is 0 Å². The van der Waals surface area contributed by atoms with Gasteiger partial charge in [-0.1, -0.05) is 23.5 Å². The molecule has 0 unspecified atom stereocenters. The minimum Gasteiger partial charge on any atom is -0.463 e. The van der Waals surface area contributed by atoms with Crippen molar-refractivity contribution < 1.29 is 9.53 Å². The largest absolute Gasteiger partial charge is 0.463 e. The van der Waals surface area contributed by atoms with E-state index in [0.717, 1.165) is 29.1 Å². The molecule has 0 saturated carbocycles. The highest BCUT2D eigenvalue weighted by atomic mass is 32.1. The molecule has 0 spiro atoms. The summed E-state index contributed by atoms with van der Waals surface area (Å²) in [5.74, 6) is -0.459. The molecule has 9 heteroatoms. The molecular formula is C25H29N5O3S. The summed E-state index contributed by atoms with van der Waals surface area (Å²) in [5, 5.41) is 4.47. The van der Waals surface area contributed by atoms with Crippen molar-refractivity contribution in [3.05, 3.63) is 78.2 Å². The standard InChI is InChI=1S/C25H29N5O3S/c1-7-29-14-18(15(3)27-29)13-20-23(31)30-22(17-9-11-19(12-10-17)28(5)6)21(24(32)33-8-2)16(4)26-25(30)34-20/h9-14,22H,7-8H2,1-6H3/b20-13-/t22-/m1/s1. The Hall–Kier alpha value is -3.46. The fourth-order valence-corrected chi connectivity index (χ4v) is 5.08. The molecule has 3 aromatic rings. The van der Waals surface area contributed by atoms with E-state index in [9.17, 15) is 9.59 Å². The van der Waals surface area contributed by atoms with Crippen molar-refractivity contribution in [2.45, 2.75) is 40.3 Å². The number of thiazole rings is 1. The summed E-state index contributed by atoms with van der Waals surface area (Å²) in [7, 11) is 3.93. The summed E-state index contributed by atoms with van der Waals surface area (Å²) in [5.41, 5.74) is 4.34. The number of benzene rings is 1. The van der Waals surface area contributed by atoms with Gasteiger partial charge in [-0.05, 0) is 51.5 Å². The number of aryl methyl sites for hydroxylation is 2. The van der Waals surface area contributed by atoms with Crippen LogP contribution in [0.2, 0.25) is 0 Å². The van der Waals surface area contributed by atoms with Crippen LogP contribution in [-0.4, -0.2) is 41.0 Å². The van der Waals surface area contributed by atoms with Crippen LogP contribution in [0.15, 0.2) is 51.5 Å². The van der Waals surface area contributed by atoms with Gasteiger partial charge < -0.3 is 9.64 Å². The van der Waals surface area contributed by atoms with Crippen LogP contribution in [0, 0.1) is 6.92 Å². The van der Waals surface area contributed by atoms with Gasteiger partial charge in [-0.3, -0.25) is 14.0 Å². The second-order valence-electron chi connectivity index (χ2n) is 8.31. The molecule has 0 amide bonds. The third-order valence-corrected chi connectivity index (χ3v) is 6.82. The summed E-state index contributed by atoms with van der Waals surface area (Å²) in [4.78, 5) is 33.8. The first-order chi connectivity index (χ1) is 16.2. The molecule has 178 valence electrons. The average molecular weight is 480 g/mol.